The van der Waals surface area contributed by atoms with E-state index in [1.165, 1.54) is 6.20 Å². The summed E-state index contributed by atoms with van der Waals surface area (Å²) >= 11 is 0. The van der Waals surface area contributed by atoms with Gasteiger partial charge in [-0.25, -0.2) is 0 Å². The van der Waals surface area contributed by atoms with Gasteiger partial charge in [-0.1, -0.05) is 0 Å². The van der Waals surface area contributed by atoms with Crippen molar-refractivity contribution in [1.29, 1.82) is 0 Å². The highest BCUT2D eigenvalue weighted by Crippen LogP contribution is 2.33. The number of aliphatic carboxylic acids is 1. The number of anilines is 1. The zero-order valence-corrected chi connectivity index (χ0v) is 12.0. The van der Waals surface area contributed by atoms with Crippen LogP contribution in [0.3, 0.4) is 0 Å². The number of nitrogens with zero attached hydrogens (tertiary/aromatic N) is 2. The second-order valence-corrected chi connectivity index (χ2v) is 5.36. The Balaban J connectivity index is 2.95. The van der Waals surface area contributed by atoms with Crippen LogP contribution in [0.1, 0.15) is 34.6 Å². The predicted molar refractivity (Wildman–Crippen MR) is 72.3 cm³/mol. The van der Waals surface area contributed by atoms with E-state index in [4.69, 9.17) is 4.74 Å². The average Bonchev–Trinajstić information content (AvgIpc) is 2.28. The summed E-state index contributed by atoms with van der Waals surface area (Å²) in [5.74, 6) is 0.0284. The van der Waals surface area contributed by atoms with Crippen molar-refractivity contribution < 1.29 is 14.6 Å². The summed E-state index contributed by atoms with van der Waals surface area (Å²) in [7, 11) is 0. The van der Waals surface area contributed by atoms with E-state index in [1.807, 2.05) is 20.8 Å². The lowest BCUT2D eigenvalue weighted by Gasteiger charge is -2.39. The largest absolute Gasteiger partial charge is 0.481 e. The molecule has 1 aromatic heterocycles. The quantitative estimate of drug-likeness (QED) is 0.821. The van der Waals surface area contributed by atoms with Gasteiger partial charge in [0.1, 0.15) is 5.82 Å². The molecular weight excluding hydrogens is 246 g/mol. The lowest BCUT2D eigenvalue weighted by Crippen LogP contribution is -2.50. The van der Waals surface area contributed by atoms with Gasteiger partial charge in [-0.2, -0.15) is 4.98 Å². The van der Waals surface area contributed by atoms with Crippen molar-refractivity contribution in [2.75, 3.05) is 11.9 Å². The van der Waals surface area contributed by atoms with Gasteiger partial charge in [-0.3, -0.25) is 9.78 Å². The van der Waals surface area contributed by atoms with E-state index in [0.29, 0.717) is 18.3 Å². The Morgan fingerprint density at radius 1 is 1.37 bits per heavy atom. The first-order valence-corrected chi connectivity index (χ1v) is 6.17. The molecule has 0 amide bonds. The minimum Gasteiger partial charge on any atom is -0.481 e. The lowest BCUT2D eigenvalue weighted by molar-refractivity contribution is -0.149. The van der Waals surface area contributed by atoms with Crippen LogP contribution in [0.4, 0.5) is 5.82 Å². The van der Waals surface area contributed by atoms with Gasteiger partial charge in [-0.15, -0.1) is 0 Å². The molecule has 106 valence electrons. The van der Waals surface area contributed by atoms with Crippen molar-refractivity contribution >= 4 is 11.8 Å². The molecule has 0 aromatic carbocycles. The molecule has 2 N–H and O–H groups in total. The lowest BCUT2D eigenvalue weighted by atomic mass is 9.74. The fraction of sp³-hybridized carbons (Fsp3) is 0.615. The van der Waals surface area contributed by atoms with E-state index < -0.39 is 16.9 Å². The summed E-state index contributed by atoms with van der Waals surface area (Å²) in [6.07, 6.45) is 3.06. The van der Waals surface area contributed by atoms with Crippen LogP contribution in [0, 0.1) is 5.41 Å². The molecule has 0 bridgehead atoms. The molecule has 0 fully saturated rings. The maximum absolute atomic E-state index is 11.3. The number of aromatic nitrogens is 2. The molecule has 0 aliphatic rings. The third-order valence-corrected chi connectivity index (χ3v) is 3.44. The summed E-state index contributed by atoms with van der Waals surface area (Å²) in [5.41, 5.74) is -1.66. The van der Waals surface area contributed by atoms with Gasteiger partial charge in [-0.05, 0) is 34.6 Å². The Kier molecular flexibility index (Phi) is 4.34. The number of carboxylic acid groups (broad SMARTS) is 1. The first-order chi connectivity index (χ1) is 8.70. The van der Waals surface area contributed by atoms with Gasteiger partial charge in [0.25, 0.3) is 0 Å². The van der Waals surface area contributed by atoms with Crippen molar-refractivity contribution in [2.24, 2.45) is 5.41 Å². The summed E-state index contributed by atoms with van der Waals surface area (Å²) < 4.78 is 5.26. The maximum atomic E-state index is 11.3. The molecule has 1 aromatic rings. The number of ether oxygens (including phenoxy) is 1. The molecule has 6 heteroatoms. The van der Waals surface area contributed by atoms with Gasteiger partial charge >= 0.3 is 5.97 Å². The summed E-state index contributed by atoms with van der Waals surface area (Å²) in [6, 6.07) is 0. The van der Waals surface area contributed by atoms with E-state index in [1.54, 1.807) is 20.0 Å². The standard InChI is InChI=1S/C13H21N3O3/c1-6-19-10-8-14-7-9(15-10)16-13(4,5)12(2,3)11(17)18/h7-8H,6H2,1-5H3,(H,15,16)(H,17,18). The maximum Gasteiger partial charge on any atom is 0.311 e. The fourth-order valence-electron chi connectivity index (χ4n) is 1.37. The van der Waals surface area contributed by atoms with Crippen molar-refractivity contribution in [1.82, 2.24) is 9.97 Å². The van der Waals surface area contributed by atoms with E-state index in [0.717, 1.165) is 0 Å². The number of carbonyl (C=O) groups is 1. The molecule has 0 atom stereocenters. The van der Waals surface area contributed by atoms with Crippen LogP contribution in [0.25, 0.3) is 0 Å². The third kappa shape index (κ3) is 3.33. The molecule has 0 radical (unpaired) electrons. The van der Waals surface area contributed by atoms with E-state index in [-0.39, 0.29) is 0 Å². The van der Waals surface area contributed by atoms with Crippen molar-refractivity contribution in [3.63, 3.8) is 0 Å². The molecule has 0 spiro atoms. The second-order valence-electron chi connectivity index (χ2n) is 5.36. The first kappa shape index (κ1) is 15.2. The summed E-state index contributed by atoms with van der Waals surface area (Å²) in [5, 5.41) is 12.4. The fourth-order valence-corrected chi connectivity index (χ4v) is 1.37. The second kappa shape index (κ2) is 5.42. The van der Waals surface area contributed by atoms with Crippen molar-refractivity contribution in [3.8, 4) is 5.88 Å². The molecule has 0 aliphatic carbocycles. The smallest absolute Gasteiger partial charge is 0.311 e. The topological polar surface area (TPSA) is 84.3 Å². The van der Waals surface area contributed by atoms with Crippen LogP contribution in [0.2, 0.25) is 0 Å². The van der Waals surface area contributed by atoms with Crippen molar-refractivity contribution in [3.05, 3.63) is 12.4 Å². The van der Waals surface area contributed by atoms with Crippen LogP contribution in [-0.2, 0) is 4.79 Å². The molecule has 6 nitrogen and oxygen atoms in total. The number of hydrogen-bond acceptors (Lipinski definition) is 5. The molecule has 0 unspecified atom stereocenters. The Labute approximate surface area is 113 Å². The Morgan fingerprint density at radius 3 is 2.53 bits per heavy atom. The number of hydrogen-bond donors (Lipinski definition) is 2. The number of rotatable bonds is 6. The normalized spacial score (nSPS) is 12.1. The van der Waals surface area contributed by atoms with Gasteiger partial charge in [0.05, 0.1) is 24.4 Å². The third-order valence-electron chi connectivity index (χ3n) is 3.44. The zero-order chi connectivity index (χ0) is 14.7. The molecular formula is C13H21N3O3. The van der Waals surface area contributed by atoms with Gasteiger partial charge in [0, 0.05) is 5.54 Å². The minimum atomic E-state index is -0.962. The Morgan fingerprint density at radius 2 is 2.00 bits per heavy atom. The monoisotopic (exact) mass is 267 g/mol. The predicted octanol–water partition coefficient (Wildman–Crippen LogP) is 2.18. The van der Waals surface area contributed by atoms with E-state index in [2.05, 4.69) is 15.3 Å². The molecule has 0 aliphatic heterocycles. The van der Waals surface area contributed by atoms with Gasteiger partial charge in [0.2, 0.25) is 5.88 Å². The summed E-state index contributed by atoms with van der Waals surface area (Å²) in [4.78, 5) is 19.6. The zero-order valence-electron chi connectivity index (χ0n) is 12.0. The molecule has 0 saturated heterocycles. The van der Waals surface area contributed by atoms with E-state index in [9.17, 15) is 9.90 Å². The van der Waals surface area contributed by atoms with E-state index >= 15 is 0 Å². The van der Waals surface area contributed by atoms with Crippen LogP contribution in [-0.4, -0.2) is 33.2 Å². The molecule has 1 rings (SSSR count). The highest BCUT2D eigenvalue weighted by atomic mass is 16.5. The van der Waals surface area contributed by atoms with Gasteiger partial charge in [0.15, 0.2) is 0 Å². The minimum absolute atomic E-state index is 0.413. The van der Waals surface area contributed by atoms with Gasteiger partial charge < -0.3 is 15.2 Å². The average molecular weight is 267 g/mol. The first-order valence-electron chi connectivity index (χ1n) is 6.17. The summed E-state index contributed by atoms with van der Waals surface area (Å²) in [6.45, 7) is 9.33. The molecule has 0 saturated carbocycles. The Bertz CT molecular complexity index is 458. The SMILES string of the molecule is CCOc1cncc(NC(C)(C)C(C)(C)C(=O)O)n1. The van der Waals surface area contributed by atoms with Crippen LogP contribution in [0.5, 0.6) is 5.88 Å². The van der Waals surface area contributed by atoms with Crippen molar-refractivity contribution in [2.45, 2.75) is 40.2 Å². The molecule has 19 heavy (non-hydrogen) atoms. The van der Waals surface area contributed by atoms with Crippen LogP contribution in [0.15, 0.2) is 12.4 Å². The molecule has 1 heterocycles. The van der Waals surface area contributed by atoms with Crippen LogP contribution >= 0.6 is 0 Å². The number of nitrogens with one attached hydrogen (secondary N) is 1. The Hall–Kier alpha value is -1.85. The number of carboxylic acids is 1. The highest BCUT2D eigenvalue weighted by Gasteiger charge is 2.43. The van der Waals surface area contributed by atoms with Crippen LogP contribution < -0.4 is 10.1 Å². The highest BCUT2D eigenvalue weighted by molar-refractivity contribution is 5.76.